The quantitative estimate of drug-likeness (QED) is 0.881. The van der Waals surface area contributed by atoms with Gasteiger partial charge in [0.15, 0.2) is 5.66 Å². The Balaban J connectivity index is 2.14. The highest BCUT2D eigenvalue weighted by Crippen LogP contribution is 2.51. The number of aromatic hydroxyl groups is 1. The number of hydrogen-bond acceptors (Lipinski definition) is 4. The molecule has 0 bridgehead atoms. The fourth-order valence-corrected chi connectivity index (χ4v) is 2.75. The van der Waals surface area contributed by atoms with E-state index in [4.69, 9.17) is 5.73 Å². The van der Waals surface area contributed by atoms with Crippen LogP contribution >= 0.6 is 15.9 Å². The molecule has 4 nitrogen and oxygen atoms in total. The molecule has 3 N–H and O–H groups in total. The van der Waals surface area contributed by atoms with Crippen molar-refractivity contribution in [3.8, 4) is 5.75 Å². The first-order valence-electron chi connectivity index (χ1n) is 5.94. The zero-order chi connectivity index (χ0) is 12.9. The minimum atomic E-state index is -0.565. The number of nitrogens with zero attached hydrogens (tertiary/aromatic N) is 2. The van der Waals surface area contributed by atoms with E-state index >= 15 is 0 Å². The van der Waals surface area contributed by atoms with E-state index < -0.39 is 5.66 Å². The molecule has 3 rings (SSSR count). The van der Waals surface area contributed by atoms with Crippen LogP contribution in [0.3, 0.4) is 0 Å². The number of phenols is 1. The van der Waals surface area contributed by atoms with Gasteiger partial charge in [-0.3, -0.25) is 4.99 Å². The van der Waals surface area contributed by atoms with Gasteiger partial charge in [0.1, 0.15) is 11.6 Å². The molecule has 0 saturated heterocycles. The second kappa shape index (κ2) is 3.82. The van der Waals surface area contributed by atoms with Crippen molar-refractivity contribution in [2.75, 3.05) is 0 Å². The lowest BCUT2D eigenvalue weighted by Gasteiger charge is -2.23. The van der Waals surface area contributed by atoms with Crippen LogP contribution in [-0.4, -0.2) is 16.7 Å². The lowest BCUT2D eigenvalue weighted by atomic mass is 9.95. The first-order valence-corrected chi connectivity index (χ1v) is 6.73. The maximum Gasteiger partial charge on any atom is 0.181 e. The molecule has 1 aliphatic heterocycles. The summed E-state index contributed by atoms with van der Waals surface area (Å²) in [4.78, 5) is 9.28. The van der Waals surface area contributed by atoms with E-state index in [1.165, 1.54) is 0 Å². The Kier molecular flexibility index (Phi) is 2.48. The molecular formula is C13H14BrN3O. The molecular weight excluding hydrogens is 294 g/mol. The van der Waals surface area contributed by atoms with Gasteiger partial charge in [-0.25, -0.2) is 4.99 Å². The zero-order valence-corrected chi connectivity index (χ0v) is 11.6. The Hall–Kier alpha value is -1.36. The topological polar surface area (TPSA) is 71.0 Å². The molecule has 1 fully saturated rings. The number of phenolic OH excluding ortho intramolecular Hbond substituents is 1. The normalized spacial score (nSPS) is 27.0. The van der Waals surface area contributed by atoms with Crippen LogP contribution in [0.5, 0.6) is 5.75 Å². The second-order valence-corrected chi connectivity index (χ2v) is 5.72. The van der Waals surface area contributed by atoms with Gasteiger partial charge < -0.3 is 10.8 Å². The van der Waals surface area contributed by atoms with Crippen molar-refractivity contribution < 1.29 is 5.11 Å². The molecule has 0 unspecified atom stereocenters. The summed E-state index contributed by atoms with van der Waals surface area (Å²) in [6, 6.07) is 5.42. The molecule has 18 heavy (non-hydrogen) atoms. The fourth-order valence-electron chi connectivity index (χ4n) is 2.37. The van der Waals surface area contributed by atoms with Gasteiger partial charge in [-0.15, -0.1) is 0 Å². The van der Waals surface area contributed by atoms with Crippen molar-refractivity contribution in [2.24, 2.45) is 21.6 Å². The highest BCUT2D eigenvalue weighted by atomic mass is 79.9. The number of amidine groups is 1. The number of benzene rings is 1. The predicted octanol–water partition coefficient (Wildman–Crippen LogP) is 2.55. The van der Waals surface area contributed by atoms with Crippen molar-refractivity contribution in [3.05, 3.63) is 28.2 Å². The third-order valence-corrected chi connectivity index (χ3v) is 4.15. The SMILES string of the molecule is CC1=N[C@@](c2ccc(O)c(Br)c2)(C2CC2)N=C1N. The van der Waals surface area contributed by atoms with Gasteiger partial charge in [-0.1, -0.05) is 6.07 Å². The molecule has 1 saturated carbocycles. The monoisotopic (exact) mass is 307 g/mol. The summed E-state index contributed by atoms with van der Waals surface area (Å²) in [5, 5.41) is 9.59. The van der Waals surface area contributed by atoms with Crippen molar-refractivity contribution in [3.63, 3.8) is 0 Å². The summed E-state index contributed by atoms with van der Waals surface area (Å²) in [6.07, 6.45) is 2.23. The Labute approximate surface area is 114 Å². The summed E-state index contributed by atoms with van der Waals surface area (Å²) < 4.78 is 0.661. The molecule has 1 aromatic carbocycles. The largest absolute Gasteiger partial charge is 0.507 e. The van der Waals surface area contributed by atoms with Crippen LogP contribution in [0.1, 0.15) is 25.3 Å². The summed E-state index contributed by atoms with van der Waals surface area (Å²) in [5.41, 5.74) is 7.10. The molecule has 0 amide bonds. The van der Waals surface area contributed by atoms with Crippen molar-refractivity contribution >= 4 is 27.5 Å². The minimum absolute atomic E-state index is 0.223. The van der Waals surface area contributed by atoms with Crippen LogP contribution in [0.2, 0.25) is 0 Å². The van der Waals surface area contributed by atoms with Crippen LogP contribution in [-0.2, 0) is 5.66 Å². The molecule has 0 spiro atoms. The summed E-state index contributed by atoms with van der Waals surface area (Å²) in [6.45, 7) is 1.89. The van der Waals surface area contributed by atoms with Gasteiger partial charge in [0.25, 0.3) is 0 Å². The Morgan fingerprint density at radius 3 is 2.61 bits per heavy atom. The lowest BCUT2D eigenvalue weighted by molar-refractivity contribution is 0.414. The third-order valence-electron chi connectivity index (χ3n) is 3.52. The van der Waals surface area contributed by atoms with Crippen LogP contribution in [0.15, 0.2) is 32.7 Å². The molecule has 0 radical (unpaired) electrons. The summed E-state index contributed by atoms with van der Waals surface area (Å²) in [7, 11) is 0. The van der Waals surface area contributed by atoms with E-state index in [0.29, 0.717) is 16.2 Å². The van der Waals surface area contributed by atoms with Gasteiger partial charge in [-0.05, 0) is 47.8 Å². The molecule has 1 atom stereocenters. The number of hydrogen-bond donors (Lipinski definition) is 2. The third kappa shape index (κ3) is 1.65. The van der Waals surface area contributed by atoms with Crippen molar-refractivity contribution in [1.82, 2.24) is 0 Å². The van der Waals surface area contributed by atoms with E-state index in [-0.39, 0.29) is 5.75 Å². The maximum absolute atomic E-state index is 9.59. The molecule has 5 heteroatoms. The Morgan fingerprint density at radius 1 is 1.39 bits per heavy atom. The van der Waals surface area contributed by atoms with Gasteiger partial charge in [0.2, 0.25) is 0 Å². The second-order valence-electron chi connectivity index (χ2n) is 4.86. The number of rotatable bonds is 2. The molecule has 2 aliphatic rings. The Bertz CT molecular complexity index is 558. The maximum atomic E-state index is 9.59. The first kappa shape index (κ1) is 11.7. The molecule has 1 heterocycles. The van der Waals surface area contributed by atoms with Crippen molar-refractivity contribution in [2.45, 2.75) is 25.4 Å². The van der Waals surface area contributed by atoms with Gasteiger partial charge >= 0.3 is 0 Å². The van der Waals surface area contributed by atoms with Crippen molar-refractivity contribution in [1.29, 1.82) is 0 Å². The van der Waals surface area contributed by atoms with E-state index in [2.05, 4.69) is 25.9 Å². The van der Waals surface area contributed by atoms with Crippen LogP contribution in [0.4, 0.5) is 0 Å². The highest BCUT2D eigenvalue weighted by molar-refractivity contribution is 9.10. The predicted molar refractivity (Wildman–Crippen MR) is 74.9 cm³/mol. The first-order chi connectivity index (χ1) is 8.53. The summed E-state index contributed by atoms with van der Waals surface area (Å²) in [5.74, 6) is 1.16. The molecule has 1 aromatic rings. The number of halogens is 1. The van der Waals surface area contributed by atoms with Crippen LogP contribution in [0.25, 0.3) is 0 Å². The Morgan fingerprint density at radius 2 is 2.11 bits per heavy atom. The summed E-state index contributed by atoms with van der Waals surface area (Å²) >= 11 is 3.34. The van der Waals surface area contributed by atoms with E-state index in [1.54, 1.807) is 6.07 Å². The minimum Gasteiger partial charge on any atom is -0.507 e. The van der Waals surface area contributed by atoms with Gasteiger partial charge in [-0.2, -0.15) is 0 Å². The van der Waals surface area contributed by atoms with E-state index in [1.807, 2.05) is 19.1 Å². The fraction of sp³-hybridized carbons (Fsp3) is 0.385. The molecule has 94 valence electrons. The van der Waals surface area contributed by atoms with Crippen LogP contribution in [0, 0.1) is 5.92 Å². The number of nitrogens with two attached hydrogens (primary N) is 1. The zero-order valence-electron chi connectivity index (χ0n) is 10.0. The van der Waals surface area contributed by atoms with Crippen LogP contribution < -0.4 is 5.73 Å². The molecule has 1 aliphatic carbocycles. The van der Waals surface area contributed by atoms with E-state index in [0.717, 1.165) is 24.1 Å². The van der Waals surface area contributed by atoms with E-state index in [9.17, 15) is 5.11 Å². The smallest absolute Gasteiger partial charge is 0.181 e. The average molecular weight is 308 g/mol. The molecule has 0 aromatic heterocycles. The highest BCUT2D eigenvalue weighted by Gasteiger charge is 2.49. The lowest BCUT2D eigenvalue weighted by Crippen LogP contribution is -2.23. The standard InChI is InChI=1S/C13H14BrN3O/c1-7-12(15)17-13(16-7,8-2-3-8)9-4-5-11(18)10(14)6-9/h4-6,8,18H,2-3H2,1H3,(H2,15,17)/t13-/m0/s1. The van der Waals surface area contributed by atoms with Gasteiger partial charge in [0, 0.05) is 11.5 Å². The number of aliphatic imine (C=N–C) groups is 2. The average Bonchev–Trinajstić information content (AvgIpc) is 3.12. The van der Waals surface area contributed by atoms with Gasteiger partial charge in [0.05, 0.1) is 10.2 Å².